The highest BCUT2D eigenvalue weighted by atomic mass is 35.5. The summed E-state index contributed by atoms with van der Waals surface area (Å²) >= 11 is 5.85. The third-order valence-electron chi connectivity index (χ3n) is 1.95. The Morgan fingerprint density at radius 1 is 1.18 bits per heavy atom. The van der Waals surface area contributed by atoms with E-state index in [0.717, 1.165) is 5.75 Å². The molecule has 0 unspecified atom stereocenters. The summed E-state index contributed by atoms with van der Waals surface area (Å²) in [5.41, 5.74) is 0. The second-order valence-electron chi connectivity index (χ2n) is 3.16. The normalized spacial score (nSPS) is 10.0. The van der Waals surface area contributed by atoms with E-state index < -0.39 is 0 Å². The average molecular weight is 251 g/mol. The quantitative estimate of drug-likeness (QED) is 0.835. The fourth-order valence-corrected chi connectivity index (χ4v) is 1.43. The van der Waals surface area contributed by atoms with Gasteiger partial charge in [-0.1, -0.05) is 17.7 Å². The Bertz CT molecular complexity index is 505. The van der Waals surface area contributed by atoms with Gasteiger partial charge in [-0.25, -0.2) is 9.97 Å². The Kier molecular flexibility index (Phi) is 3.77. The van der Waals surface area contributed by atoms with Crippen LogP contribution in [-0.4, -0.2) is 16.6 Å². The van der Waals surface area contributed by atoms with Gasteiger partial charge in [-0.3, -0.25) is 0 Å². The summed E-state index contributed by atoms with van der Waals surface area (Å²) in [7, 11) is 0. The molecule has 0 amide bonds. The summed E-state index contributed by atoms with van der Waals surface area (Å²) in [6, 6.07) is 7.27. The monoisotopic (exact) mass is 250 g/mol. The highest BCUT2D eigenvalue weighted by Gasteiger charge is 2.05. The van der Waals surface area contributed by atoms with E-state index in [0.29, 0.717) is 12.4 Å². The summed E-state index contributed by atoms with van der Waals surface area (Å²) in [5.74, 6) is 1.63. The standard InChI is InChI=1S/C12H11ClN2O2/c1-2-16-9-4-3-5-10(8-9)17-12-11(13)14-6-7-15-12/h3-8H,2H2,1H3. The number of halogens is 1. The second kappa shape index (κ2) is 5.50. The van der Waals surface area contributed by atoms with Crippen LogP contribution in [0.4, 0.5) is 0 Å². The van der Waals surface area contributed by atoms with Gasteiger partial charge >= 0.3 is 0 Å². The molecule has 1 heterocycles. The van der Waals surface area contributed by atoms with Crippen LogP contribution in [0.25, 0.3) is 0 Å². The van der Waals surface area contributed by atoms with Gasteiger partial charge < -0.3 is 9.47 Å². The van der Waals surface area contributed by atoms with Gasteiger partial charge in [-0.05, 0) is 19.1 Å². The Hall–Kier alpha value is -1.81. The van der Waals surface area contributed by atoms with Crippen molar-refractivity contribution in [2.24, 2.45) is 0 Å². The van der Waals surface area contributed by atoms with E-state index in [4.69, 9.17) is 21.1 Å². The number of nitrogens with zero attached hydrogens (tertiary/aromatic N) is 2. The number of rotatable bonds is 4. The van der Waals surface area contributed by atoms with Crippen molar-refractivity contribution in [3.63, 3.8) is 0 Å². The molecule has 0 aliphatic rings. The summed E-state index contributed by atoms with van der Waals surface area (Å²) in [5, 5.41) is 0.231. The first-order valence-corrected chi connectivity index (χ1v) is 5.54. The molecule has 0 bridgehead atoms. The zero-order valence-corrected chi connectivity index (χ0v) is 10.0. The maximum Gasteiger partial charge on any atom is 0.257 e. The van der Waals surface area contributed by atoms with Gasteiger partial charge in [0.15, 0.2) is 5.15 Å². The van der Waals surface area contributed by atoms with Gasteiger partial charge in [0, 0.05) is 18.5 Å². The van der Waals surface area contributed by atoms with Crippen LogP contribution in [0.15, 0.2) is 36.7 Å². The van der Waals surface area contributed by atoms with Crippen LogP contribution < -0.4 is 9.47 Å². The van der Waals surface area contributed by atoms with Crippen LogP contribution in [0.3, 0.4) is 0 Å². The minimum Gasteiger partial charge on any atom is -0.494 e. The highest BCUT2D eigenvalue weighted by molar-refractivity contribution is 6.30. The minimum atomic E-state index is 0.231. The summed E-state index contributed by atoms with van der Waals surface area (Å²) in [4.78, 5) is 7.87. The van der Waals surface area contributed by atoms with Crippen molar-refractivity contribution in [2.45, 2.75) is 6.92 Å². The van der Waals surface area contributed by atoms with Crippen molar-refractivity contribution in [2.75, 3.05) is 6.61 Å². The van der Waals surface area contributed by atoms with Gasteiger partial charge in [-0.2, -0.15) is 0 Å². The van der Waals surface area contributed by atoms with E-state index in [1.54, 1.807) is 12.1 Å². The molecule has 0 saturated carbocycles. The molecule has 88 valence electrons. The second-order valence-corrected chi connectivity index (χ2v) is 3.52. The molecule has 0 N–H and O–H groups in total. The van der Waals surface area contributed by atoms with E-state index in [1.165, 1.54) is 12.4 Å². The smallest absolute Gasteiger partial charge is 0.257 e. The molecule has 0 radical (unpaired) electrons. The van der Waals surface area contributed by atoms with E-state index in [1.807, 2.05) is 19.1 Å². The lowest BCUT2D eigenvalue weighted by atomic mass is 10.3. The summed E-state index contributed by atoms with van der Waals surface area (Å²) in [6.07, 6.45) is 3.03. The molecular formula is C12H11ClN2O2. The molecule has 0 spiro atoms. The lowest BCUT2D eigenvalue weighted by molar-refractivity contribution is 0.338. The first-order valence-electron chi connectivity index (χ1n) is 5.17. The van der Waals surface area contributed by atoms with Crippen LogP contribution in [0.5, 0.6) is 17.4 Å². The zero-order valence-electron chi connectivity index (χ0n) is 9.26. The number of aromatic nitrogens is 2. The van der Waals surface area contributed by atoms with Crippen LogP contribution in [0.1, 0.15) is 6.92 Å². The SMILES string of the molecule is CCOc1cccc(Oc2nccnc2Cl)c1. The van der Waals surface area contributed by atoms with Crippen molar-refractivity contribution in [3.8, 4) is 17.4 Å². The van der Waals surface area contributed by atoms with Crippen LogP contribution in [-0.2, 0) is 0 Å². The van der Waals surface area contributed by atoms with Crippen molar-refractivity contribution in [1.29, 1.82) is 0 Å². The fraction of sp³-hybridized carbons (Fsp3) is 0.167. The van der Waals surface area contributed by atoms with Crippen molar-refractivity contribution in [1.82, 2.24) is 9.97 Å². The summed E-state index contributed by atoms with van der Waals surface area (Å²) < 4.78 is 10.9. The van der Waals surface area contributed by atoms with Crippen molar-refractivity contribution in [3.05, 3.63) is 41.8 Å². The summed E-state index contributed by atoms with van der Waals surface area (Å²) in [6.45, 7) is 2.53. The van der Waals surface area contributed by atoms with E-state index in [9.17, 15) is 0 Å². The van der Waals surface area contributed by atoms with Gasteiger partial charge in [0.1, 0.15) is 11.5 Å². The molecule has 4 nitrogen and oxygen atoms in total. The molecule has 0 saturated heterocycles. The molecule has 0 aliphatic heterocycles. The molecular weight excluding hydrogens is 240 g/mol. The van der Waals surface area contributed by atoms with E-state index in [2.05, 4.69) is 9.97 Å². The Balaban J connectivity index is 2.18. The maximum absolute atomic E-state index is 5.85. The third-order valence-corrected chi connectivity index (χ3v) is 2.21. The maximum atomic E-state index is 5.85. The molecule has 5 heteroatoms. The Morgan fingerprint density at radius 2 is 1.94 bits per heavy atom. The fourth-order valence-electron chi connectivity index (χ4n) is 1.28. The molecule has 0 atom stereocenters. The van der Waals surface area contributed by atoms with Crippen LogP contribution in [0.2, 0.25) is 5.15 Å². The van der Waals surface area contributed by atoms with Crippen molar-refractivity contribution >= 4 is 11.6 Å². The molecule has 17 heavy (non-hydrogen) atoms. The number of benzene rings is 1. The first kappa shape index (κ1) is 11.7. The third kappa shape index (κ3) is 3.07. The predicted molar refractivity (Wildman–Crippen MR) is 64.7 cm³/mol. The van der Waals surface area contributed by atoms with Gasteiger partial charge in [0.2, 0.25) is 0 Å². The molecule has 0 aliphatic carbocycles. The largest absolute Gasteiger partial charge is 0.494 e. The van der Waals surface area contributed by atoms with Gasteiger partial charge in [0.05, 0.1) is 6.61 Å². The molecule has 1 aromatic carbocycles. The number of ether oxygens (including phenoxy) is 2. The lowest BCUT2D eigenvalue weighted by Crippen LogP contribution is -1.93. The molecule has 1 aromatic heterocycles. The van der Waals surface area contributed by atoms with Crippen molar-refractivity contribution < 1.29 is 9.47 Å². The molecule has 2 aromatic rings. The number of hydrogen-bond acceptors (Lipinski definition) is 4. The zero-order chi connectivity index (χ0) is 12.1. The van der Waals surface area contributed by atoms with Crippen LogP contribution in [0, 0.1) is 0 Å². The highest BCUT2D eigenvalue weighted by Crippen LogP contribution is 2.27. The van der Waals surface area contributed by atoms with Gasteiger partial charge in [0.25, 0.3) is 5.88 Å². The van der Waals surface area contributed by atoms with Crippen LogP contribution >= 0.6 is 11.6 Å². The predicted octanol–water partition coefficient (Wildman–Crippen LogP) is 3.32. The topological polar surface area (TPSA) is 44.2 Å². The van der Waals surface area contributed by atoms with Gasteiger partial charge in [-0.15, -0.1) is 0 Å². The number of hydrogen-bond donors (Lipinski definition) is 0. The van der Waals surface area contributed by atoms with E-state index in [-0.39, 0.29) is 11.0 Å². The minimum absolute atomic E-state index is 0.231. The lowest BCUT2D eigenvalue weighted by Gasteiger charge is -2.07. The molecule has 0 fully saturated rings. The first-order chi connectivity index (χ1) is 8.29. The average Bonchev–Trinajstić information content (AvgIpc) is 2.33. The Morgan fingerprint density at radius 3 is 2.71 bits per heavy atom. The Labute approximate surface area is 104 Å². The van der Waals surface area contributed by atoms with E-state index >= 15 is 0 Å². The molecule has 2 rings (SSSR count).